The van der Waals surface area contributed by atoms with Gasteiger partial charge in [0, 0.05) is 28.1 Å². The average molecular weight is 624 g/mol. The Morgan fingerprint density at radius 2 is 0.837 bits per heavy atom. The second kappa shape index (κ2) is 11.0. The van der Waals surface area contributed by atoms with Gasteiger partial charge in [0.1, 0.15) is 11.2 Å². The molecule has 0 N–H and O–H groups in total. The molecule has 0 unspecified atom stereocenters. The largest absolute Gasteiger partial charge is 0.456 e. The standard InChI is InChI=1S/C47H29NO/c1-2-10-30(11-3-1)31-18-20-32(21-19-31)46-37-14-6-8-16-39(37)47(40-17-9-7-15-38(40)46)36-22-24-43(48-29-36)35-23-25-44-41(27-35)42-26-33-12-4-5-13-34(33)28-45(42)49-44/h1-29H. The Balaban J connectivity index is 1.09. The Morgan fingerprint density at radius 1 is 0.327 bits per heavy atom. The van der Waals surface area contributed by atoms with Gasteiger partial charge in [0.05, 0.1) is 5.69 Å². The van der Waals surface area contributed by atoms with Crippen LogP contribution in [-0.2, 0) is 0 Å². The number of nitrogens with zero attached hydrogens (tertiary/aromatic N) is 1. The van der Waals surface area contributed by atoms with Crippen LogP contribution in [0.4, 0.5) is 0 Å². The van der Waals surface area contributed by atoms with E-state index < -0.39 is 0 Å². The van der Waals surface area contributed by atoms with E-state index >= 15 is 0 Å². The highest BCUT2D eigenvalue weighted by Gasteiger charge is 2.17. The number of rotatable bonds is 4. The number of aromatic nitrogens is 1. The monoisotopic (exact) mass is 623 g/mol. The maximum atomic E-state index is 6.26. The molecule has 0 aliphatic heterocycles. The Hall–Kier alpha value is -6.51. The molecule has 0 saturated carbocycles. The molecule has 10 aromatic rings. The van der Waals surface area contributed by atoms with Crippen molar-refractivity contribution in [2.75, 3.05) is 0 Å². The van der Waals surface area contributed by atoms with E-state index in [1.165, 1.54) is 60.1 Å². The second-order valence-electron chi connectivity index (χ2n) is 12.7. The van der Waals surface area contributed by atoms with Crippen LogP contribution in [0.2, 0.25) is 0 Å². The van der Waals surface area contributed by atoms with Gasteiger partial charge in [-0.25, -0.2) is 0 Å². The molecule has 0 aliphatic rings. The first-order valence-electron chi connectivity index (χ1n) is 16.7. The average Bonchev–Trinajstić information content (AvgIpc) is 3.53. The number of fused-ring (bicyclic) bond motifs is 6. The lowest BCUT2D eigenvalue weighted by Gasteiger charge is -2.18. The molecule has 2 aromatic heterocycles. The summed E-state index contributed by atoms with van der Waals surface area (Å²) in [4.78, 5) is 5.05. The lowest BCUT2D eigenvalue weighted by Crippen LogP contribution is -1.92. The molecule has 49 heavy (non-hydrogen) atoms. The summed E-state index contributed by atoms with van der Waals surface area (Å²) in [6.07, 6.45) is 2.03. The van der Waals surface area contributed by atoms with Crippen LogP contribution < -0.4 is 0 Å². The van der Waals surface area contributed by atoms with E-state index in [1.54, 1.807) is 0 Å². The Bertz CT molecular complexity index is 2790. The van der Waals surface area contributed by atoms with Crippen molar-refractivity contribution in [3.8, 4) is 44.6 Å². The van der Waals surface area contributed by atoms with Crippen molar-refractivity contribution >= 4 is 54.3 Å². The van der Waals surface area contributed by atoms with E-state index in [0.717, 1.165) is 38.8 Å². The SMILES string of the molecule is c1ccc(-c2ccc(-c3c4ccccc4c(-c4ccc(-c5ccc6oc7cc8ccccc8cc7c6c5)nc4)c4ccccc34)cc2)cc1. The van der Waals surface area contributed by atoms with Gasteiger partial charge in [0.25, 0.3) is 0 Å². The van der Waals surface area contributed by atoms with Crippen LogP contribution in [0.25, 0.3) is 98.9 Å². The van der Waals surface area contributed by atoms with Gasteiger partial charge in [0.2, 0.25) is 0 Å². The first-order valence-corrected chi connectivity index (χ1v) is 16.7. The molecule has 2 nitrogen and oxygen atoms in total. The molecule has 0 fully saturated rings. The van der Waals surface area contributed by atoms with Crippen LogP contribution >= 0.6 is 0 Å². The third-order valence-corrected chi connectivity index (χ3v) is 9.90. The van der Waals surface area contributed by atoms with Crippen LogP contribution in [0, 0.1) is 0 Å². The van der Waals surface area contributed by atoms with Gasteiger partial charge in [-0.1, -0.05) is 133 Å². The van der Waals surface area contributed by atoms with Gasteiger partial charge in [-0.3, -0.25) is 4.98 Å². The summed E-state index contributed by atoms with van der Waals surface area (Å²) in [6, 6.07) is 60.6. The van der Waals surface area contributed by atoms with Crippen LogP contribution in [0.3, 0.4) is 0 Å². The van der Waals surface area contributed by atoms with E-state index in [9.17, 15) is 0 Å². The molecule has 8 aromatic carbocycles. The van der Waals surface area contributed by atoms with Crippen LogP contribution in [0.5, 0.6) is 0 Å². The van der Waals surface area contributed by atoms with E-state index in [0.29, 0.717) is 0 Å². The summed E-state index contributed by atoms with van der Waals surface area (Å²) < 4.78 is 6.26. The predicted molar refractivity (Wildman–Crippen MR) is 206 cm³/mol. The Labute approximate surface area is 283 Å². The van der Waals surface area contributed by atoms with Crippen LogP contribution in [0.1, 0.15) is 0 Å². The summed E-state index contributed by atoms with van der Waals surface area (Å²) >= 11 is 0. The minimum atomic E-state index is 0.887. The minimum Gasteiger partial charge on any atom is -0.456 e. The molecule has 0 spiro atoms. The molecular formula is C47H29NO. The number of hydrogen-bond donors (Lipinski definition) is 0. The van der Waals surface area contributed by atoms with Crippen molar-refractivity contribution in [1.29, 1.82) is 0 Å². The number of hydrogen-bond acceptors (Lipinski definition) is 2. The summed E-state index contributed by atoms with van der Waals surface area (Å²) in [7, 11) is 0. The van der Waals surface area contributed by atoms with Gasteiger partial charge < -0.3 is 4.42 Å². The van der Waals surface area contributed by atoms with Crippen molar-refractivity contribution in [2.45, 2.75) is 0 Å². The minimum absolute atomic E-state index is 0.887. The molecule has 2 heteroatoms. The lowest BCUT2D eigenvalue weighted by molar-refractivity contribution is 0.669. The Morgan fingerprint density at radius 3 is 1.49 bits per heavy atom. The zero-order chi connectivity index (χ0) is 32.3. The van der Waals surface area contributed by atoms with Crippen LogP contribution in [0.15, 0.2) is 180 Å². The summed E-state index contributed by atoms with van der Waals surface area (Å²) in [5.41, 5.74) is 11.0. The van der Waals surface area contributed by atoms with Gasteiger partial charge in [-0.2, -0.15) is 0 Å². The fraction of sp³-hybridized carbons (Fsp3) is 0. The fourth-order valence-corrected chi connectivity index (χ4v) is 7.54. The summed E-state index contributed by atoms with van der Waals surface area (Å²) in [5, 5.41) is 9.53. The predicted octanol–water partition coefficient (Wildman–Crippen LogP) is 13.1. The maximum absolute atomic E-state index is 6.26. The third kappa shape index (κ3) is 4.53. The first kappa shape index (κ1) is 27.6. The van der Waals surface area contributed by atoms with E-state index in [2.05, 4.69) is 170 Å². The highest BCUT2D eigenvalue weighted by Crippen LogP contribution is 2.44. The van der Waals surface area contributed by atoms with Gasteiger partial charge in [-0.15, -0.1) is 0 Å². The van der Waals surface area contributed by atoms with Crippen molar-refractivity contribution in [2.24, 2.45) is 0 Å². The van der Waals surface area contributed by atoms with Crippen molar-refractivity contribution in [3.63, 3.8) is 0 Å². The van der Waals surface area contributed by atoms with Crippen molar-refractivity contribution in [1.82, 2.24) is 4.98 Å². The smallest absolute Gasteiger partial charge is 0.136 e. The molecule has 0 bridgehead atoms. The van der Waals surface area contributed by atoms with Crippen molar-refractivity contribution < 1.29 is 4.42 Å². The lowest BCUT2D eigenvalue weighted by atomic mass is 9.86. The molecule has 0 atom stereocenters. The van der Waals surface area contributed by atoms with Crippen molar-refractivity contribution in [3.05, 3.63) is 176 Å². The molecule has 0 radical (unpaired) electrons. The zero-order valence-electron chi connectivity index (χ0n) is 26.6. The molecule has 228 valence electrons. The highest BCUT2D eigenvalue weighted by atomic mass is 16.3. The van der Waals surface area contributed by atoms with E-state index in [4.69, 9.17) is 9.40 Å². The molecule has 0 saturated heterocycles. The van der Waals surface area contributed by atoms with Gasteiger partial charge in [-0.05, 0) is 96.5 Å². The number of pyridine rings is 1. The summed E-state index contributed by atoms with van der Waals surface area (Å²) in [6.45, 7) is 0. The molecule has 0 aliphatic carbocycles. The first-order chi connectivity index (χ1) is 24.3. The second-order valence-corrected chi connectivity index (χ2v) is 12.7. The molecule has 2 heterocycles. The van der Waals surface area contributed by atoms with E-state index in [1.807, 2.05) is 6.20 Å². The Kier molecular flexibility index (Phi) is 6.22. The van der Waals surface area contributed by atoms with Crippen LogP contribution in [-0.4, -0.2) is 4.98 Å². The third-order valence-electron chi connectivity index (χ3n) is 9.90. The van der Waals surface area contributed by atoms with Gasteiger partial charge >= 0.3 is 0 Å². The molecular weight excluding hydrogens is 595 g/mol. The molecule has 0 amide bonds. The molecule has 10 rings (SSSR count). The normalized spacial score (nSPS) is 11.7. The topological polar surface area (TPSA) is 26.0 Å². The number of benzene rings is 8. The summed E-state index contributed by atoms with van der Waals surface area (Å²) in [5.74, 6) is 0. The number of furan rings is 1. The van der Waals surface area contributed by atoms with E-state index in [-0.39, 0.29) is 0 Å². The van der Waals surface area contributed by atoms with Gasteiger partial charge in [0.15, 0.2) is 0 Å². The fourth-order valence-electron chi connectivity index (χ4n) is 7.54. The maximum Gasteiger partial charge on any atom is 0.136 e. The highest BCUT2D eigenvalue weighted by molar-refractivity contribution is 6.21. The quantitative estimate of drug-likeness (QED) is 0.182. The zero-order valence-corrected chi connectivity index (χ0v) is 26.6.